The van der Waals surface area contributed by atoms with Gasteiger partial charge in [0.15, 0.2) is 0 Å². The van der Waals surface area contributed by atoms with Crippen LogP contribution in [0.5, 0.6) is 0 Å². The SMILES string of the molecule is COC(C)c1ccccc1-c1cc(N)n[nH]1. The highest BCUT2D eigenvalue weighted by Crippen LogP contribution is 2.28. The molecule has 1 atom stereocenters. The van der Waals surface area contributed by atoms with Gasteiger partial charge in [-0.25, -0.2) is 0 Å². The summed E-state index contributed by atoms with van der Waals surface area (Å²) in [6, 6.07) is 9.87. The van der Waals surface area contributed by atoms with Crippen molar-refractivity contribution in [3.05, 3.63) is 35.9 Å². The van der Waals surface area contributed by atoms with Crippen LogP contribution in [0.3, 0.4) is 0 Å². The van der Waals surface area contributed by atoms with Crippen LogP contribution < -0.4 is 5.73 Å². The molecule has 0 aliphatic heterocycles. The highest BCUT2D eigenvalue weighted by molar-refractivity contribution is 5.66. The molecule has 0 amide bonds. The van der Waals surface area contributed by atoms with E-state index in [9.17, 15) is 0 Å². The highest BCUT2D eigenvalue weighted by atomic mass is 16.5. The fourth-order valence-corrected chi connectivity index (χ4v) is 1.70. The number of ether oxygens (including phenoxy) is 1. The molecule has 1 heterocycles. The summed E-state index contributed by atoms with van der Waals surface area (Å²) < 4.78 is 5.34. The second-order valence-corrected chi connectivity index (χ2v) is 3.67. The molecule has 84 valence electrons. The predicted octanol–water partition coefficient (Wildman–Crippen LogP) is 2.37. The van der Waals surface area contributed by atoms with Crippen LogP contribution in [0.25, 0.3) is 11.3 Å². The lowest BCUT2D eigenvalue weighted by Crippen LogP contribution is -1.98. The van der Waals surface area contributed by atoms with Crippen LogP contribution in [0.1, 0.15) is 18.6 Å². The van der Waals surface area contributed by atoms with Crippen molar-refractivity contribution in [1.29, 1.82) is 0 Å². The lowest BCUT2D eigenvalue weighted by Gasteiger charge is -2.13. The van der Waals surface area contributed by atoms with Gasteiger partial charge in [0.25, 0.3) is 0 Å². The van der Waals surface area contributed by atoms with Gasteiger partial charge in [-0.15, -0.1) is 0 Å². The van der Waals surface area contributed by atoms with E-state index < -0.39 is 0 Å². The summed E-state index contributed by atoms with van der Waals surface area (Å²) in [5.74, 6) is 0.495. The third-order valence-electron chi connectivity index (χ3n) is 2.64. The summed E-state index contributed by atoms with van der Waals surface area (Å²) in [5, 5.41) is 6.84. The molecule has 0 aliphatic rings. The largest absolute Gasteiger partial charge is 0.382 e. The van der Waals surface area contributed by atoms with E-state index in [0.717, 1.165) is 16.8 Å². The lowest BCUT2D eigenvalue weighted by atomic mass is 10.0. The lowest BCUT2D eigenvalue weighted by molar-refractivity contribution is 0.120. The van der Waals surface area contributed by atoms with Gasteiger partial charge in [0.05, 0.1) is 11.8 Å². The quantitative estimate of drug-likeness (QED) is 0.829. The zero-order valence-electron chi connectivity index (χ0n) is 9.40. The van der Waals surface area contributed by atoms with Gasteiger partial charge in [0.2, 0.25) is 0 Å². The number of nitrogens with two attached hydrogens (primary N) is 1. The van der Waals surface area contributed by atoms with Crippen molar-refractivity contribution in [1.82, 2.24) is 10.2 Å². The predicted molar refractivity (Wildman–Crippen MR) is 63.9 cm³/mol. The van der Waals surface area contributed by atoms with E-state index in [-0.39, 0.29) is 6.10 Å². The molecule has 4 nitrogen and oxygen atoms in total. The first kappa shape index (κ1) is 10.7. The summed E-state index contributed by atoms with van der Waals surface area (Å²) >= 11 is 0. The molecule has 3 N–H and O–H groups in total. The van der Waals surface area contributed by atoms with E-state index >= 15 is 0 Å². The van der Waals surface area contributed by atoms with Gasteiger partial charge in [-0.2, -0.15) is 5.10 Å². The second-order valence-electron chi connectivity index (χ2n) is 3.67. The van der Waals surface area contributed by atoms with Crippen molar-refractivity contribution >= 4 is 5.82 Å². The van der Waals surface area contributed by atoms with Crippen LogP contribution >= 0.6 is 0 Å². The first-order chi connectivity index (χ1) is 7.72. The molecule has 0 saturated heterocycles. The fourth-order valence-electron chi connectivity index (χ4n) is 1.70. The van der Waals surface area contributed by atoms with E-state index in [2.05, 4.69) is 10.2 Å². The van der Waals surface area contributed by atoms with Crippen LogP contribution in [0, 0.1) is 0 Å². The minimum Gasteiger partial charge on any atom is -0.382 e. The van der Waals surface area contributed by atoms with Crippen molar-refractivity contribution in [3.63, 3.8) is 0 Å². The molecular formula is C12H15N3O. The maximum absolute atomic E-state index is 5.60. The van der Waals surface area contributed by atoms with Gasteiger partial charge in [-0.3, -0.25) is 5.10 Å². The smallest absolute Gasteiger partial charge is 0.145 e. The number of hydrogen-bond donors (Lipinski definition) is 2. The van der Waals surface area contributed by atoms with E-state index in [1.807, 2.05) is 37.3 Å². The average molecular weight is 217 g/mol. The third-order valence-corrected chi connectivity index (χ3v) is 2.64. The number of nitrogen functional groups attached to an aromatic ring is 1. The van der Waals surface area contributed by atoms with E-state index in [1.54, 1.807) is 7.11 Å². The van der Waals surface area contributed by atoms with Crippen molar-refractivity contribution in [2.75, 3.05) is 12.8 Å². The molecule has 1 aromatic heterocycles. The Hall–Kier alpha value is -1.81. The zero-order valence-corrected chi connectivity index (χ0v) is 9.40. The first-order valence-corrected chi connectivity index (χ1v) is 5.15. The highest BCUT2D eigenvalue weighted by Gasteiger charge is 2.12. The molecule has 0 aliphatic carbocycles. The first-order valence-electron chi connectivity index (χ1n) is 5.15. The minimum atomic E-state index is 0.0423. The maximum atomic E-state index is 5.60. The molecular weight excluding hydrogens is 202 g/mol. The molecule has 0 spiro atoms. The maximum Gasteiger partial charge on any atom is 0.145 e. The zero-order chi connectivity index (χ0) is 11.5. The topological polar surface area (TPSA) is 63.9 Å². The van der Waals surface area contributed by atoms with Crippen molar-refractivity contribution < 1.29 is 4.74 Å². The van der Waals surface area contributed by atoms with Gasteiger partial charge in [0.1, 0.15) is 5.82 Å². The van der Waals surface area contributed by atoms with Crippen LogP contribution in [0.4, 0.5) is 5.82 Å². The number of methoxy groups -OCH3 is 1. The number of aromatic amines is 1. The average Bonchev–Trinajstić information content (AvgIpc) is 2.75. The number of nitrogens with one attached hydrogen (secondary N) is 1. The van der Waals surface area contributed by atoms with Crippen molar-refractivity contribution in [2.45, 2.75) is 13.0 Å². The Balaban J connectivity index is 2.48. The molecule has 2 aromatic rings. The van der Waals surface area contributed by atoms with Crippen LogP contribution in [-0.2, 0) is 4.74 Å². The van der Waals surface area contributed by atoms with Gasteiger partial charge < -0.3 is 10.5 Å². The molecule has 0 saturated carbocycles. The summed E-state index contributed by atoms with van der Waals surface area (Å²) in [4.78, 5) is 0. The van der Waals surface area contributed by atoms with E-state index in [0.29, 0.717) is 5.82 Å². The summed E-state index contributed by atoms with van der Waals surface area (Å²) in [6.07, 6.45) is 0.0423. The molecule has 0 radical (unpaired) electrons. The van der Waals surface area contributed by atoms with E-state index in [4.69, 9.17) is 10.5 Å². The van der Waals surface area contributed by atoms with Crippen molar-refractivity contribution in [3.8, 4) is 11.3 Å². The van der Waals surface area contributed by atoms with Crippen LogP contribution in [0.15, 0.2) is 30.3 Å². The molecule has 1 aromatic carbocycles. The Morgan fingerprint density at radius 3 is 2.75 bits per heavy atom. The number of anilines is 1. The van der Waals surface area contributed by atoms with Gasteiger partial charge in [-0.1, -0.05) is 24.3 Å². The minimum absolute atomic E-state index is 0.0423. The summed E-state index contributed by atoms with van der Waals surface area (Å²) in [7, 11) is 1.70. The monoisotopic (exact) mass is 217 g/mol. The summed E-state index contributed by atoms with van der Waals surface area (Å²) in [5.41, 5.74) is 8.70. The Morgan fingerprint density at radius 2 is 2.12 bits per heavy atom. The van der Waals surface area contributed by atoms with Crippen LogP contribution in [-0.4, -0.2) is 17.3 Å². The number of benzene rings is 1. The molecule has 0 fully saturated rings. The fraction of sp³-hybridized carbons (Fsp3) is 0.250. The molecule has 4 heteroatoms. The van der Waals surface area contributed by atoms with Crippen molar-refractivity contribution in [2.24, 2.45) is 0 Å². The molecule has 16 heavy (non-hydrogen) atoms. The Bertz CT molecular complexity index is 479. The number of rotatable bonds is 3. The number of aromatic nitrogens is 2. The van der Waals surface area contributed by atoms with Gasteiger partial charge >= 0.3 is 0 Å². The van der Waals surface area contributed by atoms with E-state index in [1.165, 1.54) is 0 Å². The molecule has 1 unspecified atom stereocenters. The normalized spacial score (nSPS) is 12.6. The standard InChI is InChI=1S/C12H15N3O/c1-8(16-2)9-5-3-4-6-10(9)11-7-12(13)15-14-11/h3-8H,1-2H3,(H3,13,14,15). The second kappa shape index (κ2) is 4.37. The Morgan fingerprint density at radius 1 is 1.38 bits per heavy atom. The van der Waals surface area contributed by atoms with Gasteiger partial charge in [-0.05, 0) is 12.5 Å². The van der Waals surface area contributed by atoms with Gasteiger partial charge in [0, 0.05) is 18.7 Å². The Kier molecular flexibility index (Phi) is 2.92. The number of nitrogens with zero attached hydrogens (tertiary/aromatic N) is 1. The Labute approximate surface area is 94.4 Å². The van der Waals surface area contributed by atoms with Crippen LogP contribution in [0.2, 0.25) is 0 Å². The number of hydrogen-bond acceptors (Lipinski definition) is 3. The summed E-state index contributed by atoms with van der Waals surface area (Å²) in [6.45, 7) is 2.01. The number of H-pyrrole nitrogens is 1. The molecule has 2 rings (SSSR count). The molecule has 0 bridgehead atoms. The third kappa shape index (κ3) is 1.92.